The van der Waals surface area contributed by atoms with Crippen molar-refractivity contribution in [3.63, 3.8) is 0 Å². The number of benzene rings is 2. The summed E-state index contributed by atoms with van der Waals surface area (Å²) in [6.07, 6.45) is 2.77. The molecule has 0 aliphatic carbocycles. The number of hydrogen-bond donors (Lipinski definition) is 0. The number of carbonyl (C=O) groups is 2. The van der Waals surface area contributed by atoms with Gasteiger partial charge in [-0.25, -0.2) is 4.79 Å². The van der Waals surface area contributed by atoms with Gasteiger partial charge in [-0.1, -0.05) is 42.5 Å². The van der Waals surface area contributed by atoms with E-state index in [-0.39, 0.29) is 24.6 Å². The van der Waals surface area contributed by atoms with Gasteiger partial charge >= 0.3 is 5.97 Å². The van der Waals surface area contributed by atoms with Crippen molar-refractivity contribution in [3.05, 3.63) is 94.3 Å². The number of nitriles is 1. The summed E-state index contributed by atoms with van der Waals surface area (Å²) in [6.45, 7) is 2.42. The Labute approximate surface area is 175 Å². The minimum absolute atomic E-state index is 0.119. The standard InChI is InChI=1S/C24H22N2O4/c1-2-30-24(28)23-21(12-19-9-6-10-20(11-19)13-25)14-26(22(23)15-27)17-29-16-18-7-4-3-5-8-18/h3-11,14-15H,2,12,16-17H2,1H3. The molecular weight excluding hydrogens is 380 g/mol. The van der Waals surface area contributed by atoms with Crippen LogP contribution in [-0.4, -0.2) is 23.4 Å². The van der Waals surface area contributed by atoms with Crippen molar-refractivity contribution in [2.75, 3.05) is 6.61 Å². The second-order valence-corrected chi connectivity index (χ2v) is 6.67. The second-order valence-electron chi connectivity index (χ2n) is 6.67. The van der Waals surface area contributed by atoms with Gasteiger partial charge in [0.25, 0.3) is 0 Å². The maximum absolute atomic E-state index is 12.6. The summed E-state index contributed by atoms with van der Waals surface area (Å²) in [5.41, 5.74) is 3.50. The maximum atomic E-state index is 12.6. The average Bonchev–Trinajstić information content (AvgIpc) is 3.11. The number of carbonyl (C=O) groups excluding carboxylic acids is 2. The highest BCUT2D eigenvalue weighted by Crippen LogP contribution is 2.22. The van der Waals surface area contributed by atoms with Crippen LogP contribution in [0.15, 0.2) is 60.8 Å². The van der Waals surface area contributed by atoms with Crippen LogP contribution in [0.2, 0.25) is 0 Å². The van der Waals surface area contributed by atoms with Gasteiger partial charge in [0, 0.05) is 6.20 Å². The molecule has 1 aromatic heterocycles. The molecule has 0 aliphatic heterocycles. The molecule has 0 aliphatic rings. The van der Waals surface area contributed by atoms with E-state index in [2.05, 4.69) is 6.07 Å². The molecule has 0 unspecified atom stereocenters. The molecule has 0 N–H and O–H groups in total. The molecule has 6 heteroatoms. The van der Waals surface area contributed by atoms with Crippen molar-refractivity contribution < 1.29 is 19.1 Å². The van der Waals surface area contributed by atoms with Gasteiger partial charge in [-0.3, -0.25) is 4.79 Å². The summed E-state index contributed by atoms with van der Waals surface area (Å²) in [5.74, 6) is -0.548. The largest absolute Gasteiger partial charge is 0.462 e. The topological polar surface area (TPSA) is 81.3 Å². The third-order valence-corrected chi connectivity index (χ3v) is 4.58. The van der Waals surface area contributed by atoms with Crippen LogP contribution in [0.1, 0.15) is 50.0 Å². The Kier molecular flexibility index (Phi) is 7.14. The lowest BCUT2D eigenvalue weighted by atomic mass is 10.0. The van der Waals surface area contributed by atoms with Gasteiger partial charge in [0.05, 0.1) is 36.1 Å². The zero-order chi connectivity index (χ0) is 21.3. The van der Waals surface area contributed by atoms with Crippen LogP contribution in [0.4, 0.5) is 0 Å². The predicted molar refractivity (Wildman–Crippen MR) is 111 cm³/mol. The molecule has 0 atom stereocenters. The van der Waals surface area contributed by atoms with E-state index in [1.54, 1.807) is 35.9 Å². The van der Waals surface area contributed by atoms with Crippen LogP contribution in [0, 0.1) is 11.3 Å². The molecule has 1 heterocycles. The third kappa shape index (κ3) is 5.02. The number of nitrogens with zero attached hydrogens (tertiary/aromatic N) is 2. The summed E-state index contributed by atoms with van der Waals surface area (Å²) >= 11 is 0. The van der Waals surface area contributed by atoms with Crippen LogP contribution in [0.25, 0.3) is 0 Å². The van der Waals surface area contributed by atoms with Crippen molar-refractivity contribution >= 4 is 12.3 Å². The lowest BCUT2D eigenvalue weighted by molar-refractivity contribution is 0.0515. The quantitative estimate of drug-likeness (QED) is 0.397. The molecule has 3 aromatic rings. The highest BCUT2D eigenvalue weighted by Gasteiger charge is 2.23. The summed E-state index contributed by atoms with van der Waals surface area (Å²) in [4.78, 5) is 24.4. The number of aromatic nitrogens is 1. The molecular formula is C24H22N2O4. The van der Waals surface area contributed by atoms with Crippen molar-refractivity contribution in [2.45, 2.75) is 26.7 Å². The van der Waals surface area contributed by atoms with E-state index in [0.29, 0.717) is 30.4 Å². The van der Waals surface area contributed by atoms with Gasteiger partial charge in [-0.2, -0.15) is 5.26 Å². The molecule has 30 heavy (non-hydrogen) atoms. The summed E-state index contributed by atoms with van der Waals surface area (Å²) in [7, 11) is 0. The maximum Gasteiger partial charge on any atom is 0.340 e. The van der Waals surface area contributed by atoms with Crippen LogP contribution in [0.5, 0.6) is 0 Å². The molecule has 0 spiro atoms. The number of rotatable bonds is 9. The fraction of sp³-hybridized carbons (Fsp3) is 0.208. The van der Waals surface area contributed by atoms with Crippen molar-refractivity contribution in [1.29, 1.82) is 5.26 Å². The zero-order valence-electron chi connectivity index (χ0n) is 16.7. The third-order valence-electron chi connectivity index (χ3n) is 4.58. The van der Waals surface area contributed by atoms with Crippen LogP contribution in [0.3, 0.4) is 0 Å². The highest BCUT2D eigenvalue weighted by molar-refractivity contribution is 5.99. The average molecular weight is 402 g/mol. The fourth-order valence-electron chi connectivity index (χ4n) is 3.24. The van der Waals surface area contributed by atoms with E-state index in [9.17, 15) is 9.59 Å². The monoisotopic (exact) mass is 402 g/mol. The van der Waals surface area contributed by atoms with E-state index < -0.39 is 5.97 Å². The minimum atomic E-state index is -0.548. The number of esters is 1. The zero-order valence-corrected chi connectivity index (χ0v) is 16.7. The van der Waals surface area contributed by atoms with Gasteiger partial charge in [0.1, 0.15) is 6.73 Å². The van der Waals surface area contributed by atoms with Crippen molar-refractivity contribution in [2.24, 2.45) is 0 Å². The Morgan fingerprint density at radius 3 is 2.60 bits per heavy atom. The number of aldehydes is 1. The SMILES string of the molecule is CCOC(=O)c1c(Cc2cccc(C#N)c2)cn(COCc2ccccc2)c1C=O. The van der Waals surface area contributed by atoms with Crippen LogP contribution < -0.4 is 0 Å². The molecule has 0 fully saturated rings. The van der Waals surface area contributed by atoms with Gasteiger partial charge in [-0.05, 0) is 42.2 Å². The highest BCUT2D eigenvalue weighted by atomic mass is 16.5. The number of hydrogen-bond acceptors (Lipinski definition) is 5. The first-order valence-electron chi connectivity index (χ1n) is 9.61. The summed E-state index contributed by atoms with van der Waals surface area (Å²) in [6, 6.07) is 18.9. The van der Waals surface area contributed by atoms with E-state index in [0.717, 1.165) is 11.1 Å². The van der Waals surface area contributed by atoms with Crippen LogP contribution >= 0.6 is 0 Å². The van der Waals surface area contributed by atoms with Crippen molar-refractivity contribution in [3.8, 4) is 6.07 Å². The number of ether oxygens (including phenoxy) is 2. The Morgan fingerprint density at radius 1 is 1.13 bits per heavy atom. The minimum Gasteiger partial charge on any atom is -0.462 e. The van der Waals surface area contributed by atoms with Gasteiger partial charge in [-0.15, -0.1) is 0 Å². The smallest absolute Gasteiger partial charge is 0.340 e. The predicted octanol–water partition coefficient (Wildman–Crippen LogP) is 4.11. The van der Waals surface area contributed by atoms with E-state index >= 15 is 0 Å². The molecule has 0 radical (unpaired) electrons. The lowest BCUT2D eigenvalue weighted by Gasteiger charge is -2.08. The molecule has 0 amide bonds. The molecule has 152 valence electrons. The summed E-state index contributed by atoms with van der Waals surface area (Å²) < 4.78 is 12.5. The normalized spacial score (nSPS) is 10.4. The Morgan fingerprint density at radius 2 is 1.90 bits per heavy atom. The second kappa shape index (κ2) is 10.2. The van der Waals surface area contributed by atoms with Crippen LogP contribution in [-0.2, 0) is 29.2 Å². The van der Waals surface area contributed by atoms with Gasteiger partial charge < -0.3 is 14.0 Å². The molecule has 0 bridgehead atoms. The molecule has 0 saturated carbocycles. The fourth-order valence-corrected chi connectivity index (χ4v) is 3.24. The van der Waals surface area contributed by atoms with E-state index in [1.807, 2.05) is 36.4 Å². The van der Waals surface area contributed by atoms with Gasteiger partial charge in [0.2, 0.25) is 0 Å². The Bertz CT molecular complexity index is 1060. The first-order valence-corrected chi connectivity index (χ1v) is 9.61. The Hall–Kier alpha value is -3.69. The molecule has 0 saturated heterocycles. The first-order chi connectivity index (χ1) is 14.7. The summed E-state index contributed by atoms with van der Waals surface area (Å²) in [5, 5.41) is 9.13. The Balaban J connectivity index is 1.88. The molecule has 3 rings (SSSR count). The van der Waals surface area contributed by atoms with Gasteiger partial charge in [0.15, 0.2) is 6.29 Å². The molecule has 2 aromatic carbocycles. The van der Waals surface area contributed by atoms with E-state index in [1.165, 1.54) is 0 Å². The van der Waals surface area contributed by atoms with Crippen molar-refractivity contribution in [1.82, 2.24) is 4.57 Å². The molecule has 6 nitrogen and oxygen atoms in total. The van der Waals surface area contributed by atoms with E-state index in [4.69, 9.17) is 14.7 Å². The first kappa shape index (κ1) is 21.0. The lowest BCUT2D eigenvalue weighted by Crippen LogP contribution is -2.12.